The Labute approximate surface area is 211 Å². The van der Waals surface area contributed by atoms with E-state index < -0.39 is 22.6 Å². The lowest BCUT2D eigenvalue weighted by Gasteiger charge is -2.16. The summed E-state index contributed by atoms with van der Waals surface area (Å²) in [5.41, 5.74) is -0.396. The van der Waals surface area contributed by atoms with Crippen LogP contribution < -0.4 is 9.64 Å². The number of ether oxygens (including phenoxy) is 1. The summed E-state index contributed by atoms with van der Waals surface area (Å²) in [6.45, 7) is 0.0851. The minimum atomic E-state index is -4.62. The molecule has 3 aromatic carbocycles. The molecule has 12 heteroatoms. The summed E-state index contributed by atoms with van der Waals surface area (Å²) >= 11 is 6.71. The number of hydrogen-bond acceptors (Lipinski definition) is 6. The average molecular weight is 534 g/mol. The minimum Gasteiger partial charge on any atom is -0.488 e. The molecule has 0 saturated carbocycles. The van der Waals surface area contributed by atoms with Crippen LogP contribution in [0.25, 0.3) is 6.08 Å². The van der Waals surface area contributed by atoms with Crippen molar-refractivity contribution >= 4 is 51.9 Å². The van der Waals surface area contributed by atoms with E-state index in [-0.39, 0.29) is 39.4 Å². The summed E-state index contributed by atoms with van der Waals surface area (Å²) < 4.78 is 45.2. The Hall–Kier alpha value is -3.83. The molecule has 1 fully saturated rings. The SMILES string of the molecule is N=C1SC(=Cc2cc([N+](=O)[O-])ccc2OCc2cccc(Cl)c2)C(=O)N1c1cccc(C(F)(F)F)c1. The van der Waals surface area contributed by atoms with Gasteiger partial charge in [-0.1, -0.05) is 29.8 Å². The Bertz CT molecular complexity index is 1410. The van der Waals surface area contributed by atoms with Gasteiger partial charge in [-0.15, -0.1) is 0 Å². The molecule has 184 valence electrons. The molecule has 1 saturated heterocycles. The highest BCUT2D eigenvalue weighted by Gasteiger charge is 2.36. The third-order valence-electron chi connectivity index (χ3n) is 5.03. The van der Waals surface area contributed by atoms with Crippen LogP contribution in [0.5, 0.6) is 5.75 Å². The van der Waals surface area contributed by atoms with E-state index in [9.17, 15) is 28.1 Å². The van der Waals surface area contributed by atoms with Gasteiger partial charge in [0, 0.05) is 22.7 Å². The van der Waals surface area contributed by atoms with Crippen molar-refractivity contribution in [3.05, 3.63) is 103 Å². The standard InChI is InChI=1S/C24H15ClF3N3O4S/c25-17-5-1-3-14(9-17)13-35-20-8-7-19(31(33)34)10-15(20)11-21-22(32)30(23(29)36-21)18-6-2-4-16(12-18)24(26,27)28/h1-12,29H,13H2. The van der Waals surface area contributed by atoms with Gasteiger partial charge in [0.1, 0.15) is 12.4 Å². The average Bonchev–Trinajstić information content (AvgIpc) is 3.10. The van der Waals surface area contributed by atoms with Gasteiger partial charge in [0.25, 0.3) is 11.6 Å². The predicted octanol–water partition coefficient (Wildman–Crippen LogP) is 6.90. The first-order valence-corrected chi connectivity index (χ1v) is 11.4. The highest BCUT2D eigenvalue weighted by Crippen LogP contribution is 2.39. The molecule has 0 radical (unpaired) electrons. The number of amidine groups is 1. The van der Waals surface area contributed by atoms with Crippen molar-refractivity contribution in [2.45, 2.75) is 12.8 Å². The van der Waals surface area contributed by atoms with E-state index >= 15 is 0 Å². The van der Waals surface area contributed by atoms with Gasteiger partial charge in [0.05, 0.1) is 21.1 Å². The fourth-order valence-electron chi connectivity index (χ4n) is 3.37. The number of carbonyl (C=O) groups is 1. The van der Waals surface area contributed by atoms with Crippen molar-refractivity contribution in [3.8, 4) is 5.75 Å². The number of nitro groups is 1. The zero-order valence-electron chi connectivity index (χ0n) is 18.1. The van der Waals surface area contributed by atoms with Gasteiger partial charge in [0.2, 0.25) is 0 Å². The zero-order chi connectivity index (χ0) is 26.0. The fraction of sp³-hybridized carbons (Fsp3) is 0.0833. The zero-order valence-corrected chi connectivity index (χ0v) is 19.7. The van der Waals surface area contributed by atoms with Crippen LogP contribution in [-0.4, -0.2) is 16.0 Å². The van der Waals surface area contributed by atoms with Crippen LogP contribution in [0.15, 0.2) is 71.6 Å². The quantitative estimate of drug-likeness (QED) is 0.211. The number of benzene rings is 3. The molecule has 1 aliphatic rings. The van der Waals surface area contributed by atoms with Crippen LogP contribution in [0.4, 0.5) is 24.5 Å². The Kier molecular flexibility index (Phi) is 7.04. The number of rotatable bonds is 6. The number of hydrogen-bond donors (Lipinski definition) is 1. The fourth-order valence-corrected chi connectivity index (χ4v) is 4.43. The van der Waals surface area contributed by atoms with Crippen LogP contribution in [0, 0.1) is 15.5 Å². The van der Waals surface area contributed by atoms with Gasteiger partial charge in [0.15, 0.2) is 5.17 Å². The smallest absolute Gasteiger partial charge is 0.416 e. The molecular weight excluding hydrogens is 519 g/mol. The van der Waals surface area contributed by atoms with E-state index in [1.807, 2.05) is 0 Å². The Morgan fingerprint density at radius 2 is 1.86 bits per heavy atom. The number of halogens is 4. The largest absolute Gasteiger partial charge is 0.488 e. The van der Waals surface area contributed by atoms with Crippen molar-refractivity contribution in [3.63, 3.8) is 0 Å². The summed E-state index contributed by atoms with van der Waals surface area (Å²) in [5.74, 6) is -0.512. The lowest BCUT2D eigenvalue weighted by Crippen LogP contribution is -2.28. The van der Waals surface area contributed by atoms with Crippen molar-refractivity contribution < 1.29 is 27.6 Å². The first-order chi connectivity index (χ1) is 17.0. The normalized spacial score (nSPS) is 15.0. The summed E-state index contributed by atoms with van der Waals surface area (Å²) in [6, 6.07) is 14.8. The van der Waals surface area contributed by atoms with E-state index in [0.29, 0.717) is 5.02 Å². The number of amides is 1. The number of alkyl halides is 3. The third-order valence-corrected chi connectivity index (χ3v) is 6.15. The van der Waals surface area contributed by atoms with Crippen LogP contribution >= 0.6 is 23.4 Å². The molecule has 0 spiro atoms. The first-order valence-electron chi connectivity index (χ1n) is 10.2. The van der Waals surface area contributed by atoms with Gasteiger partial charge >= 0.3 is 6.18 Å². The van der Waals surface area contributed by atoms with E-state index in [2.05, 4.69) is 0 Å². The number of carbonyl (C=O) groups excluding carboxylic acids is 1. The topological polar surface area (TPSA) is 96.5 Å². The van der Waals surface area contributed by atoms with Crippen molar-refractivity contribution in [2.24, 2.45) is 0 Å². The molecule has 7 nitrogen and oxygen atoms in total. The summed E-state index contributed by atoms with van der Waals surface area (Å²) in [6.07, 6.45) is -3.31. The molecule has 1 aliphatic heterocycles. The van der Waals surface area contributed by atoms with Gasteiger partial charge in [-0.3, -0.25) is 25.2 Å². The number of nitrogens with zero attached hydrogens (tertiary/aromatic N) is 2. The Balaban J connectivity index is 1.66. The number of non-ortho nitro benzene ring substituents is 1. The van der Waals surface area contributed by atoms with Crippen molar-refractivity contribution in [2.75, 3.05) is 4.90 Å². The van der Waals surface area contributed by atoms with Gasteiger partial charge in [-0.05, 0) is 59.8 Å². The second-order valence-electron chi connectivity index (χ2n) is 7.50. The van der Waals surface area contributed by atoms with Crippen LogP contribution in [0.1, 0.15) is 16.7 Å². The number of anilines is 1. The molecular formula is C24H15ClF3N3O4S. The lowest BCUT2D eigenvalue weighted by molar-refractivity contribution is -0.384. The molecule has 1 heterocycles. The van der Waals surface area contributed by atoms with Crippen LogP contribution in [0.3, 0.4) is 0 Å². The molecule has 1 amide bonds. The first kappa shape index (κ1) is 25.3. The molecule has 0 atom stereocenters. The molecule has 0 bridgehead atoms. The summed E-state index contributed by atoms with van der Waals surface area (Å²) in [4.78, 5) is 24.6. The number of thioether (sulfide) groups is 1. The molecule has 0 aliphatic carbocycles. The number of nitrogens with one attached hydrogen (secondary N) is 1. The van der Waals surface area contributed by atoms with Gasteiger partial charge in [-0.2, -0.15) is 13.2 Å². The third kappa shape index (κ3) is 5.52. The summed E-state index contributed by atoms with van der Waals surface area (Å²) in [7, 11) is 0. The Morgan fingerprint density at radius 3 is 2.56 bits per heavy atom. The summed E-state index contributed by atoms with van der Waals surface area (Å²) in [5, 5.41) is 19.7. The van der Waals surface area contributed by atoms with Gasteiger partial charge in [-0.25, -0.2) is 0 Å². The van der Waals surface area contributed by atoms with Crippen molar-refractivity contribution in [1.82, 2.24) is 0 Å². The second-order valence-corrected chi connectivity index (χ2v) is 8.97. The molecule has 1 N–H and O–H groups in total. The second kappa shape index (κ2) is 10.0. The van der Waals surface area contributed by atoms with E-state index in [4.69, 9.17) is 21.7 Å². The monoisotopic (exact) mass is 533 g/mol. The highest BCUT2D eigenvalue weighted by atomic mass is 35.5. The van der Waals surface area contributed by atoms with Crippen LogP contribution in [-0.2, 0) is 17.6 Å². The van der Waals surface area contributed by atoms with E-state index in [0.717, 1.165) is 40.4 Å². The van der Waals surface area contributed by atoms with E-state index in [1.165, 1.54) is 30.3 Å². The van der Waals surface area contributed by atoms with Crippen molar-refractivity contribution in [1.29, 1.82) is 5.41 Å². The molecule has 4 rings (SSSR count). The predicted molar refractivity (Wildman–Crippen MR) is 131 cm³/mol. The lowest BCUT2D eigenvalue weighted by atomic mass is 10.1. The molecule has 36 heavy (non-hydrogen) atoms. The minimum absolute atomic E-state index is 0.00878. The van der Waals surface area contributed by atoms with Gasteiger partial charge < -0.3 is 4.74 Å². The molecule has 0 aromatic heterocycles. The van der Waals surface area contributed by atoms with Crippen LogP contribution in [0.2, 0.25) is 5.02 Å². The Morgan fingerprint density at radius 1 is 1.11 bits per heavy atom. The number of nitro benzene ring substituents is 1. The maximum Gasteiger partial charge on any atom is 0.416 e. The highest BCUT2D eigenvalue weighted by molar-refractivity contribution is 8.19. The molecule has 3 aromatic rings. The maximum absolute atomic E-state index is 13.1. The van der Waals surface area contributed by atoms with E-state index in [1.54, 1.807) is 24.3 Å². The maximum atomic E-state index is 13.1. The molecule has 0 unspecified atom stereocenters.